The summed E-state index contributed by atoms with van der Waals surface area (Å²) in [6.07, 6.45) is 10.1. The maximum absolute atomic E-state index is 6.30. The largest absolute Gasteiger partial charge is 0.456 e. The molecule has 56 heavy (non-hydrogen) atoms. The van der Waals surface area contributed by atoms with Crippen molar-refractivity contribution in [1.82, 2.24) is 9.13 Å². The first kappa shape index (κ1) is 32.1. The molecule has 264 valence electrons. The second kappa shape index (κ2) is 12.9. The van der Waals surface area contributed by atoms with Gasteiger partial charge in [0.15, 0.2) is 0 Å². The van der Waals surface area contributed by atoms with Crippen LogP contribution in [-0.2, 0) is 6.54 Å². The summed E-state index contributed by atoms with van der Waals surface area (Å²) in [6.45, 7) is 4.57. The van der Waals surface area contributed by atoms with Crippen molar-refractivity contribution in [3.05, 3.63) is 201 Å². The van der Waals surface area contributed by atoms with E-state index in [0.717, 1.165) is 34.2 Å². The highest BCUT2D eigenvalue weighted by Gasteiger charge is 2.19. The van der Waals surface area contributed by atoms with Gasteiger partial charge >= 0.3 is 0 Å². The summed E-state index contributed by atoms with van der Waals surface area (Å²) in [5, 5.41) is 9.71. The van der Waals surface area contributed by atoms with Gasteiger partial charge in [0.1, 0.15) is 11.2 Å². The van der Waals surface area contributed by atoms with Crippen molar-refractivity contribution in [2.45, 2.75) is 6.54 Å². The third-order valence-corrected chi connectivity index (χ3v) is 11.4. The zero-order chi connectivity index (χ0) is 37.2. The van der Waals surface area contributed by atoms with E-state index in [1.807, 2.05) is 18.2 Å². The normalized spacial score (nSPS) is 12.3. The molecule has 0 radical (unpaired) electrons. The summed E-state index contributed by atoms with van der Waals surface area (Å²) in [4.78, 5) is 0. The molecule has 0 spiro atoms. The van der Waals surface area contributed by atoms with Crippen LogP contribution in [0, 0.1) is 0 Å². The molecule has 0 amide bonds. The first-order valence-electron chi connectivity index (χ1n) is 19.2. The molecule has 0 aliphatic carbocycles. The van der Waals surface area contributed by atoms with Crippen LogP contribution in [0.3, 0.4) is 0 Å². The van der Waals surface area contributed by atoms with Crippen LogP contribution in [-0.4, -0.2) is 9.13 Å². The summed E-state index contributed by atoms with van der Waals surface area (Å²) < 4.78 is 11.1. The number of rotatable bonds is 7. The molecule has 3 nitrogen and oxygen atoms in total. The second-order valence-electron chi connectivity index (χ2n) is 14.4. The lowest BCUT2D eigenvalue weighted by molar-refractivity contribution is 0.669. The summed E-state index contributed by atoms with van der Waals surface area (Å²) in [5.74, 6) is 0. The maximum atomic E-state index is 6.30. The highest BCUT2D eigenvalue weighted by Crippen LogP contribution is 2.42. The topological polar surface area (TPSA) is 23.0 Å². The molecular formula is C53H36N2O. The van der Waals surface area contributed by atoms with E-state index < -0.39 is 0 Å². The van der Waals surface area contributed by atoms with Gasteiger partial charge < -0.3 is 13.6 Å². The molecule has 11 aromatic rings. The minimum atomic E-state index is 0.794. The van der Waals surface area contributed by atoms with Crippen LogP contribution in [0.1, 0.15) is 0 Å². The minimum Gasteiger partial charge on any atom is -0.456 e. The summed E-state index contributed by atoms with van der Waals surface area (Å²) in [7, 11) is 0. The van der Waals surface area contributed by atoms with E-state index in [9.17, 15) is 0 Å². The molecule has 8 aromatic carbocycles. The fourth-order valence-electron chi connectivity index (χ4n) is 8.95. The Balaban J connectivity index is 1.07. The van der Waals surface area contributed by atoms with Crippen LogP contribution >= 0.6 is 0 Å². The maximum Gasteiger partial charge on any atom is 0.136 e. The van der Waals surface area contributed by atoms with Gasteiger partial charge in [-0.05, 0) is 82.2 Å². The van der Waals surface area contributed by atoms with Crippen molar-refractivity contribution >= 4 is 76.3 Å². The third kappa shape index (κ3) is 4.91. The van der Waals surface area contributed by atoms with Crippen molar-refractivity contribution < 1.29 is 4.42 Å². The summed E-state index contributed by atoms with van der Waals surface area (Å²) >= 11 is 0. The van der Waals surface area contributed by atoms with Crippen LogP contribution in [0.2, 0.25) is 0 Å². The Kier molecular flexibility index (Phi) is 7.39. The van der Waals surface area contributed by atoms with E-state index in [2.05, 4.69) is 186 Å². The van der Waals surface area contributed by atoms with E-state index in [0.29, 0.717) is 0 Å². The fraction of sp³-hybridized carbons (Fsp3) is 0.0189. The van der Waals surface area contributed by atoms with Crippen molar-refractivity contribution in [1.29, 1.82) is 0 Å². The molecule has 0 fully saturated rings. The quantitative estimate of drug-likeness (QED) is 0.151. The predicted octanol–water partition coefficient (Wildman–Crippen LogP) is 14.6. The van der Waals surface area contributed by atoms with Gasteiger partial charge in [0.05, 0.1) is 16.7 Å². The van der Waals surface area contributed by atoms with Crippen molar-refractivity contribution in [3.8, 4) is 27.9 Å². The standard InChI is InChI=1S/C53H36N2O/c1-2-3-4-5-12-32-54-46-23-9-6-16-40(46)44-33-35(28-30-47(44)54)36-29-31-50-45(34-36)41-17-7-10-24-48(41)55(50)49-25-14-20-37-38(19-13-21-39(37)49)42-22-15-27-52-53(42)43-18-8-11-26-51(43)56-52/h2-31,33-34H,1,32H2/b4-3-,12-5-. The molecule has 11 rings (SSSR count). The molecule has 0 bridgehead atoms. The van der Waals surface area contributed by atoms with Gasteiger partial charge in [-0.1, -0.05) is 146 Å². The number of allylic oxidation sites excluding steroid dienone is 5. The van der Waals surface area contributed by atoms with E-state index in [-0.39, 0.29) is 0 Å². The first-order chi connectivity index (χ1) is 27.8. The molecular weight excluding hydrogens is 681 g/mol. The minimum absolute atomic E-state index is 0.794. The molecule has 0 aliphatic rings. The van der Waals surface area contributed by atoms with Gasteiger partial charge in [-0.3, -0.25) is 0 Å². The van der Waals surface area contributed by atoms with E-state index in [1.165, 1.54) is 76.6 Å². The van der Waals surface area contributed by atoms with E-state index >= 15 is 0 Å². The number of fused-ring (bicyclic) bond motifs is 10. The summed E-state index contributed by atoms with van der Waals surface area (Å²) in [6, 6.07) is 59.6. The van der Waals surface area contributed by atoms with Gasteiger partial charge in [0, 0.05) is 55.3 Å². The highest BCUT2D eigenvalue weighted by atomic mass is 16.3. The molecule has 0 saturated carbocycles. The van der Waals surface area contributed by atoms with Gasteiger partial charge in [-0.15, -0.1) is 0 Å². The van der Waals surface area contributed by atoms with Crippen LogP contribution in [0.4, 0.5) is 0 Å². The van der Waals surface area contributed by atoms with E-state index in [4.69, 9.17) is 4.42 Å². The number of benzene rings is 8. The summed E-state index contributed by atoms with van der Waals surface area (Å²) in [5.41, 5.74) is 12.6. The lowest BCUT2D eigenvalue weighted by Gasteiger charge is -2.15. The Labute approximate surface area is 323 Å². The molecule has 0 saturated heterocycles. The lowest BCUT2D eigenvalue weighted by Crippen LogP contribution is -1.96. The monoisotopic (exact) mass is 716 g/mol. The molecule has 0 N–H and O–H groups in total. The number of furan rings is 1. The molecule has 0 unspecified atom stereocenters. The van der Waals surface area contributed by atoms with Crippen molar-refractivity contribution in [2.24, 2.45) is 0 Å². The Morgan fingerprint density at radius 1 is 0.446 bits per heavy atom. The van der Waals surface area contributed by atoms with Gasteiger partial charge in [0.2, 0.25) is 0 Å². The number of aromatic nitrogens is 2. The third-order valence-electron chi connectivity index (χ3n) is 11.4. The predicted molar refractivity (Wildman–Crippen MR) is 238 cm³/mol. The SMILES string of the molecule is C=C/C=C\C=C/Cn1c2ccccc2c2cc(-c3ccc4c(c3)c3ccccc3n4-c3cccc4c(-c5cccc6oc7ccccc7c56)cccc34)ccc21. The van der Waals surface area contributed by atoms with Crippen molar-refractivity contribution in [2.75, 3.05) is 0 Å². The molecule has 3 aromatic heterocycles. The molecule has 0 atom stereocenters. The van der Waals surface area contributed by atoms with Gasteiger partial charge in [0.25, 0.3) is 0 Å². The molecule has 0 aliphatic heterocycles. The number of para-hydroxylation sites is 3. The average molecular weight is 717 g/mol. The number of hydrogen-bond acceptors (Lipinski definition) is 1. The smallest absolute Gasteiger partial charge is 0.136 e. The van der Waals surface area contributed by atoms with Gasteiger partial charge in [-0.2, -0.15) is 0 Å². The number of nitrogens with zero attached hydrogens (tertiary/aromatic N) is 2. The Morgan fingerprint density at radius 3 is 1.88 bits per heavy atom. The first-order valence-corrected chi connectivity index (χ1v) is 19.2. The van der Waals surface area contributed by atoms with Crippen molar-refractivity contribution in [3.63, 3.8) is 0 Å². The Bertz CT molecular complexity index is 3420. The van der Waals surface area contributed by atoms with Crippen LogP contribution in [0.25, 0.3) is 104 Å². The highest BCUT2D eigenvalue weighted by molar-refractivity contribution is 6.17. The van der Waals surface area contributed by atoms with E-state index in [1.54, 1.807) is 6.08 Å². The lowest BCUT2D eigenvalue weighted by atomic mass is 9.94. The van der Waals surface area contributed by atoms with Crippen LogP contribution in [0.5, 0.6) is 0 Å². The van der Waals surface area contributed by atoms with Crippen LogP contribution < -0.4 is 0 Å². The molecule has 3 heterocycles. The Morgan fingerprint density at radius 2 is 1.04 bits per heavy atom. The average Bonchev–Trinajstić information content (AvgIpc) is 3.90. The zero-order valence-electron chi connectivity index (χ0n) is 30.7. The van der Waals surface area contributed by atoms with Gasteiger partial charge in [-0.25, -0.2) is 0 Å². The Hall–Kier alpha value is -7.36. The molecule has 3 heteroatoms. The van der Waals surface area contributed by atoms with Crippen LogP contribution in [0.15, 0.2) is 205 Å². The zero-order valence-corrected chi connectivity index (χ0v) is 30.7. The fourth-order valence-corrected chi connectivity index (χ4v) is 8.95. The second-order valence-corrected chi connectivity index (χ2v) is 14.4. The number of hydrogen-bond donors (Lipinski definition) is 0.